The Kier molecular flexibility index (Phi) is 8.92. The van der Waals surface area contributed by atoms with Crippen LogP contribution in [0.2, 0.25) is 0 Å². The number of aromatic carboxylic acids is 2. The normalized spacial score (nSPS) is 12.3. The fourth-order valence-electron chi connectivity index (χ4n) is 7.92. The average molecular weight is 743 g/mol. The molecule has 2 N–H and O–H groups in total. The van der Waals surface area contributed by atoms with E-state index in [9.17, 15) is 19.8 Å². The summed E-state index contributed by atoms with van der Waals surface area (Å²) < 4.78 is 12.1. The van der Waals surface area contributed by atoms with E-state index in [1.807, 2.05) is 48.5 Å². The third-order valence-corrected chi connectivity index (χ3v) is 10.6. The highest BCUT2D eigenvalue weighted by molar-refractivity contribution is 5.89. The number of carboxylic acids is 2. The van der Waals surface area contributed by atoms with Crippen molar-refractivity contribution in [2.45, 2.75) is 5.41 Å². The second-order valence-corrected chi connectivity index (χ2v) is 13.9. The van der Waals surface area contributed by atoms with Gasteiger partial charge in [-0.15, -0.1) is 0 Å². The van der Waals surface area contributed by atoms with Crippen molar-refractivity contribution in [1.82, 2.24) is 0 Å². The van der Waals surface area contributed by atoms with Gasteiger partial charge in [0.2, 0.25) is 0 Å². The first-order chi connectivity index (χ1) is 27.9. The maximum Gasteiger partial charge on any atom is 0.335 e. The van der Waals surface area contributed by atoms with E-state index in [-0.39, 0.29) is 11.1 Å². The topological polar surface area (TPSA) is 93.1 Å². The van der Waals surface area contributed by atoms with Crippen LogP contribution >= 0.6 is 0 Å². The van der Waals surface area contributed by atoms with Crippen molar-refractivity contribution in [3.05, 3.63) is 228 Å². The minimum absolute atomic E-state index is 0.208. The van der Waals surface area contributed by atoms with Gasteiger partial charge < -0.3 is 19.7 Å². The highest BCUT2D eigenvalue weighted by Gasteiger charge is 2.46. The van der Waals surface area contributed by atoms with E-state index in [1.54, 1.807) is 24.3 Å². The van der Waals surface area contributed by atoms with E-state index in [4.69, 9.17) is 9.47 Å². The first-order valence-corrected chi connectivity index (χ1v) is 18.5. The van der Waals surface area contributed by atoms with Crippen LogP contribution in [0.25, 0.3) is 33.4 Å². The molecule has 1 aliphatic rings. The van der Waals surface area contributed by atoms with Gasteiger partial charge in [0.15, 0.2) is 0 Å². The van der Waals surface area contributed by atoms with Gasteiger partial charge in [-0.1, -0.05) is 109 Å². The van der Waals surface area contributed by atoms with Crippen molar-refractivity contribution in [1.29, 1.82) is 0 Å². The number of hydrogen-bond acceptors (Lipinski definition) is 4. The van der Waals surface area contributed by atoms with Gasteiger partial charge in [-0.3, -0.25) is 0 Å². The standard InChI is InChI=1S/C51H34O6/c52-49(53)35-19-27-43(28-20-35)56-41-23-15-33(16-24-41)37-7-5-9-39(31-37)51(47-13-3-1-11-45(47)46-12-2-4-14-48(46)51)40-10-6-8-38(32-40)34-17-25-42(26-18-34)57-44-29-21-36(22-30-44)50(54)55/h1-32H,(H,52,53)(H,54,55). The molecule has 1 aliphatic carbocycles. The van der Waals surface area contributed by atoms with E-state index < -0.39 is 17.4 Å². The Labute approximate surface area is 329 Å². The highest BCUT2D eigenvalue weighted by Crippen LogP contribution is 2.56. The number of benzene rings is 8. The number of carboxylic acid groups (broad SMARTS) is 2. The van der Waals surface area contributed by atoms with Gasteiger partial charge in [0.25, 0.3) is 0 Å². The van der Waals surface area contributed by atoms with Crippen LogP contribution in [0.5, 0.6) is 23.0 Å². The van der Waals surface area contributed by atoms with Crippen LogP contribution in [0.3, 0.4) is 0 Å². The lowest BCUT2D eigenvalue weighted by molar-refractivity contribution is 0.0686. The van der Waals surface area contributed by atoms with Gasteiger partial charge in [-0.05, 0) is 141 Å². The third kappa shape index (κ3) is 6.49. The van der Waals surface area contributed by atoms with E-state index in [0.29, 0.717) is 23.0 Å². The molecule has 6 heteroatoms. The Morgan fingerprint density at radius 3 is 1.09 bits per heavy atom. The second kappa shape index (κ2) is 14.5. The Morgan fingerprint density at radius 1 is 0.368 bits per heavy atom. The first-order valence-electron chi connectivity index (χ1n) is 18.5. The molecule has 6 nitrogen and oxygen atoms in total. The van der Waals surface area contributed by atoms with Gasteiger partial charge in [0, 0.05) is 0 Å². The monoisotopic (exact) mass is 742 g/mol. The van der Waals surface area contributed by atoms with Gasteiger partial charge >= 0.3 is 11.9 Å². The van der Waals surface area contributed by atoms with Crippen molar-refractivity contribution in [2.75, 3.05) is 0 Å². The predicted octanol–water partition coefficient (Wildman–Crippen LogP) is 12.4. The molecule has 0 amide bonds. The fourth-order valence-corrected chi connectivity index (χ4v) is 7.92. The van der Waals surface area contributed by atoms with E-state index in [0.717, 1.165) is 33.4 Å². The summed E-state index contributed by atoms with van der Waals surface area (Å²) in [6.45, 7) is 0. The summed E-state index contributed by atoms with van der Waals surface area (Å²) in [5.74, 6) is 0.472. The first kappa shape index (κ1) is 35.0. The lowest BCUT2D eigenvalue weighted by atomic mass is 9.67. The van der Waals surface area contributed by atoms with Gasteiger partial charge in [-0.2, -0.15) is 0 Å². The van der Waals surface area contributed by atoms with Crippen molar-refractivity contribution in [2.24, 2.45) is 0 Å². The zero-order chi connectivity index (χ0) is 38.9. The number of rotatable bonds is 10. The Bertz CT molecular complexity index is 2570. The number of fused-ring (bicyclic) bond motifs is 3. The molecule has 0 heterocycles. The van der Waals surface area contributed by atoms with Crippen molar-refractivity contribution in [3.63, 3.8) is 0 Å². The summed E-state index contributed by atoms with van der Waals surface area (Å²) in [5.41, 5.74) is 11.1. The number of ether oxygens (including phenoxy) is 2. The summed E-state index contributed by atoms with van der Waals surface area (Å²) in [7, 11) is 0. The van der Waals surface area contributed by atoms with E-state index in [1.165, 1.54) is 46.5 Å². The van der Waals surface area contributed by atoms with Crippen LogP contribution < -0.4 is 9.47 Å². The minimum atomic E-state index is -0.977. The van der Waals surface area contributed by atoms with Crippen LogP contribution in [0.15, 0.2) is 194 Å². The summed E-state index contributed by atoms with van der Waals surface area (Å²) >= 11 is 0. The summed E-state index contributed by atoms with van der Waals surface area (Å²) in [4.78, 5) is 22.5. The molecule has 0 aliphatic heterocycles. The molecule has 274 valence electrons. The zero-order valence-electron chi connectivity index (χ0n) is 30.5. The minimum Gasteiger partial charge on any atom is -0.478 e. The Balaban J connectivity index is 1.09. The van der Waals surface area contributed by atoms with Crippen LogP contribution in [0.4, 0.5) is 0 Å². The molecule has 0 aromatic heterocycles. The second-order valence-electron chi connectivity index (χ2n) is 13.9. The quantitative estimate of drug-likeness (QED) is 0.145. The molecule has 8 aromatic carbocycles. The number of hydrogen-bond donors (Lipinski definition) is 2. The van der Waals surface area contributed by atoms with Crippen molar-refractivity contribution in [3.8, 4) is 56.4 Å². The van der Waals surface area contributed by atoms with Crippen molar-refractivity contribution >= 4 is 11.9 Å². The van der Waals surface area contributed by atoms with Crippen LogP contribution in [0, 0.1) is 0 Å². The molecule has 0 bridgehead atoms. The third-order valence-electron chi connectivity index (χ3n) is 10.6. The molecule has 0 saturated carbocycles. The van der Waals surface area contributed by atoms with Crippen molar-refractivity contribution < 1.29 is 29.3 Å². The van der Waals surface area contributed by atoms with Gasteiger partial charge in [-0.25, -0.2) is 9.59 Å². The van der Waals surface area contributed by atoms with E-state index in [2.05, 4.69) is 97.1 Å². The smallest absolute Gasteiger partial charge is 0.335 e. The lowest BCUT2D eigenvalue weighted by Gasteiger charge is -2.34. The van der Waals surface area contributed by atoms with E-state index >= 15 is 0 Å². The molecule has 0 fully saturated rings. The SMILES string of the molecule is O=C(O)c1ccc(Oc2ccc(-c3cccc(C4(c5cccc(-c6ccc(Oc7ccc(C(=O)O)cc7)cc6)c5)c5ccccc5-c5ccccc54)c3)cc2)cc1. The molecule has 9 rings (SSSR count). The van der Waals surface area contributed by atoms with Gasteiger partial charge in [0.05, 0.1) is 16.5 Å². The molecule has 0 radical (unpaired) electrons. The van der Waals surface area contributed by atoms with Crippen LogP contribution in [-0.4, -0.2) is 22.2 Å². The Hall–Kier alpha value is -7.70. The lowest BCUT2D eigenvalue weighted by Crippen LogP contribution is -2.28. The Morgan fingerprint density at radius 2 is 0.719 bits per heavy atom. The summed E-state index contributed by atoms with van der Waals surface area (Å²) in [5, 5.41) is 18.5. The molecule has 0 saturated heterocycles. The predicted molar refractivity (Wildman–Crippen MR) is 222 cm³/mol. The molecule has 0 unspecified atom stereocenters. The molecule has 8 aromatic rings. The number of carbonyl (C=O) groups is 2. The molecule has 57 heavy (non-hydrogen) atoms. The fraction of sp³-hybridized carbons (Fsp3) is 0.0196. The zero-order valence-corrected chi connectivity index (χ0v) is 30.5. The largest absolute Gasteiger partial charge is 0.478 e. The average Bonchev–Trinajstić information content (AvgIpc) is 3.56. The molecular weight excluding hydrogens is 709 g/mol. The van der Waals surface area contributed by atoms with Gasteiger partial charge in [0.1, 0.15) is 23.0 Å². The highest BCUT2D eigenvalue weighted by atomic mass is 16.5. The summed E-state index contributed by atoms with van der Waals surface area (Å²) in [6, 6.07) is 63.6. The summed E-state index contributed by atoms with van der Waals surface area (Å²) in [6.07, 6.45) is 0. The molecule has 0 atom stereocenters. The van der Waals surface area contributed by atoms with Crippen LogP contribution in [0.1, 0.15) is 43.0 Å². The maximum atomic E-state index is 11.3. The molecule has 0 spiro atoms. The molecular formula is C51H34O6. The van der Waals surface area contributed by atoms with Crippen LogP contribution in [-0.2, 0) is 5.41 Å². The maximum absolute atomic E-state index is 11.3.